The molecule has 59 valence electrons. The molecule has 1 fully saturated rings. The maximum atomic E-state index is 10.9. The van der Waals surface area contributed by atoms with E-state index in [0.717, 1.165) is 6.54 Å². The van der Waals surface area contributed by atoms with Gasteiger partial charge in [0.2, 0.25) is 10.0 Å². The van der Waals surface area contributed by atoms with Crippen molar-refractivity contribution in [2.75, 3.05) is 25.9 Å². The van der Waals surface area contributed by atoms with Crippen LogP contribution in [0.2, 0.25) is 0 Å². The highest BCUT2D eigenvalue weighted by Gasteiger charge is 2.18. The Hall–Kier alpha value is -0.130. The molecule has 0 aromatic carbocycles. The highest BCUT2D eigenvalue weighted by molar-refractivity contribution is 7.88. The monoisotopic (exact) mass is 163 g/mol. The van der Waals surface area contributed by atoms with Crippen molar-refractivity contribution < 1.29 is 8.42 Å². The van der Waals surface area contributed by atoms with Gasteiger partial charge in [0.1, 0.15) is 0 Å². The minimum atomic E-state index is -2.99. The van der Waals surface area contributed by atoms with Crippen molar-refractivity contribution in [3.8, 4) is 0 Å². The Kier molecular flexibility index (Phi) is 2.28. The molecule has 1 N–H and O–H groups in total. The summed E-state index contributed by atoms with van der Waals surface area (Å²) in [5, 5.41) is 3.03. The zero-order valence-electron chi connectivity index (χ0n) is 5.87. The zero-order valence-corrected chi connectivity index (χ0v) is 6.69. The normalized spacial score (nSPS) is 22.9. The zero-order chi connectivity index (χ0) is 7.61. The van der Waals surface area contributed by atoms with E-state index in [4.69, 9.17) is 0 Å². The molecule has 0 amide bonds. The lowest BCUT2D eigenvalue weighted by molar-refractivity contribution is 0.415. The number of nitrogens with one attached hydrogen (secondary N) is 1. The third kappa shape index (κ3) is 1.93. The summed E-state index contributed by atoms with van der Waals surface area (Å²) in [6, 6.07) is 0. The average molecular weight is 163 g/mol. The molecule has 0 spiro atoms. The molecule has 1 radical (unpaired) electrons. The van der Waals surface area contributed by atoms with Crippen LogP contribution in [0.3, 0.4) is 0 Å². The van der Waals surface area contributed by atoms with Gasteiger partial charge >= 0.3 is 0 Å². The maximum Gasteiger partial charge on any atom is 0.211 e. The highest BCUT2D eigenvalue weighted by atomic mass is 32.2. The third-order valence-electron chi connectivity index (χ3n) is 1.37. The van der Waals surface area contributed by atoms with Gasteiger partial charge in [0.15, 0.2) is 0 Å². The lowest BCUT2D eigenvalue weighted by atomic mass is 10.4. The Morgan fingerprint density at radius 3 is 2.60 bits per heavy atom. The summed E-state index contributed by atoms with van der Waals surface area (Å²) in [5.41, 5.74) is 0. The number of hydrogen-bond acceptors (Lipinski definition) is 3. The van der Waals surface area contributed by atoms with Crippen LogP contribution in [-0.4, -0.2) is 38.6 Å². The molecule has 1 heterocycles. The van der Waals surface area contributed by atoms with Crippen molar-refractivity contribution in [3.05, 3.63) is 6.54 Å². The summed E-state index contributed by atoms with van der Waals surface area (Å²) < 4.78 is 23.1. The molecule has 0 aliphatic carbocycles. The van der Waals surface area contributed by atoms with Gasteiger partial charge in [-0.25, -0.2) is 8.42 Å². The lowest BCUT2D eigenvalue weighted by Crippen LogP contribution is -2.42. The number of piperazine rings is 1. The van der Waals surface area contributed by atoms with E-state index in [1.165, 1.54) is 10.6 Å². The molecule has 0 aromatic heterocycles. The van der Waals surface area contributed by atoms with E-state index in [9.17, 15) is 8.42 Å². The average Bonchev–Trinajstić information content (AvgIpc) is 1.88. The Morgan fingerprint density at radius 2 is 2.30 bits per heavy atom. The van der Waals surface area contributed by atoms with Gasteiger partial charge in [0.25, 0.3) is 0 Å². The molecule has 0 bridgehead atoms. The summed E-state index contributed by atoms with van der Waals surface area (Å²) in [6.07, 6.45) is 1.22. The lowest BCUT2D eigenvalue weighted by Gasteiger charge is -2.23. The van der Waals surface area contributed by atoms with E-state index in [2.05, 4.69) is 5.32 Å². The number of hydrogen-bond donors (Lipinski definition) is 1. The summed E-state index contributed by atoms with van der Waals surface area (Å²) in [7, 11) is -2.99. The summed E-state index contributed by atoms with van der Waals surface area (Å²) in [5.74, 6) is 0. The van der Waals surface area contributed by atoms with Crippen molar-refractivity contribution in [2.45, 2.75) is 0 Å². The summed E-state index contributed by atoms with van der Waals surface area (Å²) in [4.78, 5) is 0. The molecule has 0 saturated carbocycles. The van der Waals surface area contributed by atoms with Gasteiger partial charge in [-0.05, 0) is 0 Å². The quantitative estimate of drug-likeness (QED) is 0.540. The molecule has 4 nitrogen and oxygen atoms in total. The minimum Gasteiger partial charge on any atom is -0.314 e. The molecule has 0 unspecified atom stereocenters. The van der Waals surface area contributed by atoms with Crippen LogP contribution in [0.5, 0.6) is 0 Å². The van der Waals surface area contributed by atoms with E-state index in [-0.39, 0.29) is 0 Å². The Labute approximate surface area is 61.3 Å². The first-order valence-electron chi connectivity index (χ1n) is 3.11. The Bertz CT molecular complexity index is 194. The molecule has 0 atom stereocenters. The van der Waals surface area contributed by atoms with Crippen LogP contribution in [0, 0.1) is 6.54 Å². The molecular formula is C5H11N2O2S. The molecule has 10 heavy (non-hydrogen) atoms. The fourth-order valence-electron chi connectivity index (χ4n) is 0.850. The second kappa shape index (κ2) is 2.86. The molecular weight excluding hydrogens is 152 g/mol. The summed E-state index contributed by atoms with van der Waals surface area (Å²) in [6.45, 7) is 3.59. The number of sulfonamides is 1. The van der Waals surface area contributed by atoms with E-state index in [1.807, 2.05) is 0 Å². The molecule has 1 aliphatic rings. The van der Waals surface area contributed by atoms with E-state index in [1.54, 1.807) is 6.54 Å². The van der Waals surface area contributed by atoms with E-state index < -0.39 is 10.0 Å². The smallest absolute Gasteiger partial charge is 0.211 e. The van der Waals surface area contributed by atoms with Crippen LogP contribution in [-0.2, 0) is 10.0 Å². The van der Waals surface area contributed by atoms with Crippen LogP contribution >= 0.6 is 0 Å². The Morgan fingerprint density at radius 1 is 1.60 bits per heavy atom. The first-order chi connectivity index (χ1) is 4.61. The Balaban J connectivity index is 2.56. The van der Waals surface area contributed by atoms with Gasteiger partial charge in [-0.2, -0.15) is 4.31 Å². The maximum absolute atomic E-state index is 10.9. The second-order valence-corrected chi connectivity index (χ2v) is 4.20. The molecule has 5 heteroatoms. The van der Waals surface area contributed by atoms with Crippen molar-refractivity contribution in [2.24, 2.45) is 0 Å². The topological polar surface area (TPSA) is 49.4 Å². The van der Waals surface area contributed by atoms with Crippen molar-refractivity contribution in [3.63, 3.8) is 0 Å². The standard InChI is InChI=1S/C5H11N2O2S/c1-10(8,9)7-4-2-6-3-5-7/h4,6H,2-3,5H2,1H3. The predicted molar refractivity (Wildman–Crippen MR) is 38.7 cm³/mol. The molecule has 0 aromatic rings. The number of nitrogens with zero attached hydrogens (tertiary/aromatic N) is 1. The van der Waals surface area contributed by atoms with Crippen LogP contribution in [0.15, 0.2) is 0 Å². The highest BCUT2D eigenvalue weighted by Crippen LogP contribution is 2.02. The molecule has 1 rings (SSSR count). The predicted octanol–water partition coefficient (Wildman–Crippen LogP) is -0.987. The van der Waals surface area contributed by atoms with Gasteiger partial charge in [0, 0.05) is 19.6 Å². The van der Waals surface area contributed by atoms with Gasteiger partial charge in [0.05, 0.1) is 12.8 Å². The van der Waals surface area contributed by atoms with Crippen LogP contribution < -0.4 is 5.32 Å². The largest absolute Gasteiger partial charge is 0.314 e. The van der Waals surface area contributed by atoms with Crippen LogP contribution in [0.25, 0.3) is 0 Å². The second-order valence-electron chi connectivity index (χ2n) is 2.26. The van der Waals surface area contributed by atoms with Gasteiger partial charge in [-0.15, -0.1) is 0 Å². The van der Waals surface area contributed by atoms with Crippen molar-refractivity contribution in [1.82, 2.24) is 9.62 Å². The van der Waals surface area contributed by atoms with Crippen molar-refractivity contribution >= 4 is 10.0 Å². The van der Waals surface area contributed by atoms with Gasteiger partial charge in [-0.1, -0.05) is 0 Å². The minimum absolute atomic E-state index is 0.554. The van der Waals surface area contributed by atoms with Gasteiger partial charge < -0.3 is 5.32 Å². The van der Waals surface area contributed by atoms with Gasteiger partial charge in [-0.3, -0.25) is 0 Å². The van der Waals surface area contributed by atoms with Crippen LogP contribution in [0.4, 0.5) is 0 Å². The van der Waals surface area contributed by atoms with E-state index >= 15 is 0 Å². The van der Waals surface area contributed by atoms with Crippen LogP contribution in [0.1, 0.15) is 0 Å². The summed E-state index contributed by atoms with van der Waals surface area (Å²) >= 11 is 0. The van der Waals surface area contributed by atoms with Crippen molar-refractivity contribution in [1.29, 1.82) is 0 Å². The molecule has 1 aliphatic heterocycles. The SMILES string of the molecule is CS(=O)(=O)N1[CH]CNCC1. The van der Waals surface area contributed by atoms with E-state index in [0.29, 0.717) is 13.1 Å². The molecule has 1 saturated heterocycles. The first-order valence-corrected chi connectivity index (χ1v) is 4.96. The third-order valence-corrected chi connectivity index (χ3v) is 2.56. The fourth-order valence-corrected chi connectivity index (χ4v) is 1.62. The fraction of sp³-hybridized carbons (Fsp3) is 0.800. The number of rotatable bonds is 1. The first kappa shape index (κ1) is 7.97.